The first-order valence-electron chi connectivity index (χ1n) is 10.0. The summed E-state index contributed by atoms with van der Waals surface area (Å²) in [4.78, 5) is 21.2. The van der Waals surface area contributed by atoms with Crippen LogP contribution in [0.2, 0.25) is 0 Å². The number of hydrogen-bond acceptors (Lipinski definition) is 2. The van der Waals surface area contributed by atoms with Crippen molar-refractivity contribution >= 4 is 17.9 Å². The van der Waals surface area contributed by atoms with E-state index >= 15 is 0 Å². The number of halogens is 3. The van der Waals surface area contributed by atoms with Gasteiger partial charge in [0.2, 0.25) is 0 Å². The van der Waals surface area contributed by atoms with Crippen LogP contribution in [0.3, 0.4) is 0 Å². The number of benzene rings is 2. The number of rotatable bonds is 7. The summed E-state index contributed by atoms with van der Waals surface area (Å²) >= 11 is 0. The van der Waals surface area contributed by atoms with Crippen LogP contribution in [0.4, 0.5) is 18.9 Å². The quantitative estimate of drug-likeness (QED) is 0.445. The molecule has 2 aromatic carbocycles. The lowest BCUT2D eigenvalue weighted by molar-refractivity contribution is -0.137. The Morgan fingerprint density at radius 3 is 2.53 bits per heavy atom. The van der Waals surface area contributed by atoms with Gasteiger partial charge in [-0.05, 0) is 68.1 Å². The van der Waals surface area contributed by atoms with Gasteiger partial charge in [0.1, 0.15) is 0 Å². The van der Waals surface area contributed by atoms with Gasteiger partial charge in [-0.1, -0.05) is 12.1 Å². The molecule has 0 unspecified atom stereocenters. The van der Waals surface area contributed by atoms with Gasteiger partial charge in [-0.2, -0.15) is 13.2 Å². The maximum atomic E-state index is 13.1. The first kappa shape index (κ1) is 21.9. The predicted molar refractivity (Wildman–Crippen MR) is 112 cm³/mol. The molecule has 1 fully saturated rings. The van der Waals surface area contributed by atoms with Gasteiger partial charge in [-0.25, -0.2) is 4.99 Å². The minimum Gasteiger partial charge on any atom is -0.366 e. The summed E-state index contributed by atoms with van der Waals surface area (Å²) in [5, 5.41) is 0. The monoisotopic (exact) mass is 417 g/mol. The van der Waals surface area contributed by atoms with E-state index < -0.39 is 11.7 Å². The fraction of sp³-hybridized carbons (Fsp3) is 0.391. The maximum Gasteiger partial charge on any atom is 0.416 e. The fourth-order valence-electron chi connectivity index (χ4n) is 3.14. The largest absolute Gasteiger partial charge is 0.416 e. The van der Waals surface area contributed by atoms with Crippen LogP contribution < -0.4 is 0 Å². The Hall–Kier alpha value is -2.83. The Kier molecular flexibility index (Phi) is 6.48. The number of aryl methyl sites for hydroxylation is 1. The van der Waals surface area contributed by atoms with Crippen LogP contribution in [0.1, 0.15) is 46.8 Å². The van der Waals surface area contributed by atoms with E-state index in [0.29, 0.717) is 11.1 Å². The number of alkyl halides is 3. The number of carbonyl (C=O) groups is 1. The summed E-state index contributed by atoms with van der Waals surface area (Å²) in [6.07, 6.45) is -0.914. The SMILES string of the molecule is CCN(C)C=Nc1ccc(C(=O)N(Cc2cccc(C(F)(F)F)c2)C2CC2)cc1C. The molecule has 0 radical (unpaired) electrons. The minimum atomic E-state index is -4.40. The van der Waals surface area contributed by atoms with Crippen LogP contribution in [-0.2, 0) is 12.7 Å². The van der Waals surface area contributed by atoms with Crippen molar-refractivity contribution in [3.05, 3.63) is 64.7 Å². The highest BCUT2D eigenvalue weighted by Crippen LogP contribution is 2.33. The third-order valence-corrected chi connectivity index (χ3v) is 5.19. The number of nitrogens with zero attached hydrogens (tertiary/aromatic N) is 3. The lowest BCUT2D eigenvalue weighted by atomic mass is 10.1. The molecular formula is C23H26F3N3O. The van der Waals surface area contributed by atoms with E-state index in [1.807, 2.05) is 25.8 Å². The molecule has 0 bridgehead atoms. The Bertz CT molecular complexity index is 936. The molecule has 3 rings (SSSR count). The molecular weight excluding hydrogens is 391 g/mol. The van der Waals surface area contributed by atoms with E-state index in [-0.39, 0.29) is 18.5 Å². The molecule has 160 valence electrons. The van der Waals surface area contributed by atoms with Gasteiger partial charge in [0.05, 0.1) is 17.6 Å². The van der Waals surface area contributed by atoms with Crippen molar-refractivity contribution in [3.63, 3.8) is 0 Å². The molecule has 1 aliphatic carbocycles. The molecule has 7 heteroatoms. The Morgan fingerprint density at radius 1 is 1.20 bits per heavy atom. The summed E-state index contributed by atoms with van der Waals surface area (Å²) in [5.74, 6) is -0.167. The number of aliphatic imine (C=N–C) groups is 1. The highest BCUT2D eigenvalue weighted by Gasteiger charge is 2.34. The van der Waals surface area contributed by atoms with Crippen molar-refractivity contribution in [1.82, 2.24) is 9.80 Å². The van der Waals surface area contributed by atoms with Crippen molar-refractivity contribution in [2.75, 3.05) is 13.6 Å². The molecule has 1 aliphatic rings. The van der Waals surface area contributed by atoms with E-state index in [1.54, 1.807) is 35.5 Å². The van der Waals surface area contributed by atoms with Crippen LogP contribution in [0.5, 0.6) is 0 Å². The molecule has 0 aromatic heterocycles. The van der Waals surface area contributed by atoms with Crippen LogP contribution in [-0.4, -0.2) is 41.7 Å². The average molecular weight is 417 g/mol. The first-order chi connectivity index (χ1) is 14.2. The zero-order valence-corrected chi connectivity index (χ0v) is 17.4. The van der Waals surface area contributed by atoms with Crippen molar-refractivity contribution in [1.29, 1.82) is 0 Å². The van der Waals surface area contributed by atoms with Crippen molar-refractivity contribution < 1.29 is 18.0 Å². The highest BCUT2D eigenvalue weighted by atomic mass is 19.4. The molecule has 1 amide bonds. The normalized spacial score (nSPS) is 14.2. The summed E-state index contributed by atoms with van der Waals surface area (Å²) in [5.41, 5.74) is 1.96. The van der Waals surface area contributed by atoms with E-state index in [0.717, 1.165) is 42.8 Å². The number of amides is 1. The third-order valence-electron chi connectivity index (χ3n) is 5.19. The second-order valence-electron chi connectivity index (χ2n) is 7.68. The Balaban J connectivity index is 1.80. The lowest BCUT2D eigenvalue weighted by Crippen LogP contribution is -2.32. The molecule has 0 spiro atoms. The summed E-state index contributed by atoms with van der Waals surface area (Å²) < 4.78 is 39.1. The zero-order chi connectivity index (χ0) is 21.9. The van der Waals surface area contributed by atoms with Crippen molar-refractivity contribution in [3.8, 4) is 0 Å². The van der Waals surface area contributed by atoms with Crippen LogP contribution in [0.25, 0.3) is 0 Å². The van der Waals surface area contributed by atoms with E-state index in [9.17, 15) is 18.0 Å². The topological polar surface area (TPSA) is 35.9 Å². The summed E-state index contributed by atoms with van der Waals surface area (Å²) in [7, 11) is 1.93. The molecule has 0 saturated heterocycles. The standard InChI is InChI=1S/C23H26F3N3O/c1-4-28(3)15-27-21-11-8-18(12-16(21)2)22(30)29(20-9-10-20)14-17-6-5-7-19(13-17)23(24,25)26/h5-8,11-13,15,20H,4,9-10,14H2,1-3H3. The van der Waals surface area contributed by atoms with Gasteiger partial charge < -0.3 is 9.80 Å². The first-order valence-corrected chi connectivity index (χ1v) is 10.0. The molecule has 0 N–H and O–H groups in total. The zero-order valence-electron chi connectivity index (χ0n) is 17.4. The molecule has 30 heavy (non-hydrogen) atoms. The molecule has 0 aliphatic heterocycles. The van der Waals surface area contributed by atoms with Crippen molar-refractivity contribution in [2.24, 2.45) is 4.99 Å². The van der Waals surface area contributed by atoms with Crippen LogP contribution >= 0.6 is 0 Å². The lowest BCUT2D eigenvalue weighted by Gasteiger charge is -2.23. The van der Waals surface area contributed by atoms with Crippen LogP contribution in [0, 0.1) is 6.92 Å². The minimum absolute atomic E-state index is 0.0725. The van der Waals surface area contributed by atoms with Gasteiger partial charge in [0.15, 0.2) is 0 Å². The summed E-state index contributed by atoms with van der Waals surface area (Å²) in [6, 6.07) is 10.6. The average Bonchev–Trinajstić information content (AvgIpc) is 3.55. The highest BCUT2D eigenvalue weighted by molar-refractivity contribution is 5.95. The molecule has 0 heterocycles. The fourth-order valence-corrected chi connectivity index (χ4v) is 3.14. The van der Waals surface area contributed by atoms with E-state index in [4.69, 9.17) is 0 Å². The van der Waals surface area contributed by atoms with E-state index in [2.05, 4.69) is 4.99 Å². The maximum absolute atomic E-state index is 13.1. The second kappa shape index (κ2) is 8.90. The van der Waals surface area contributed by atoms with Gasteiger partial charge in [0.25, 0.3) is 5.91 Å². The number of carbonyl (C=O) groups excluding carboxylic acids is 1. The Morgan fingerprint density at radius 2 is 1.93 bits per heavy atom. The Labute approximate surface area is 175 Å². The van der Waals surface area contributed by atoms with Gasteiger partial charge in [0, 0.05) is 31.7 Å². The van der Waals surface area contributed by atoms with Crippen molar-refractivity contribution in [2.45, 2.75) is 45.5 Å². The second-order valence-corrected chi connectivity index (χ2v) is 7.68. The molecule has 0 atom stereocenters. The predicted octanol–water partition coefficient (Wildman–Crippen LogP) is 5.43. The van der Waals surface area contributed by atoms with Crippen LogP contribution in [0.15, 0.2) is 47.5 Å². The van der Waals surface area contributed by atoms with E-state index in [1.165, 1.54) is 6.07 Å². The molecule has 1 saturated carbocycles. The van der Waals surface area contributed by atoms with Gasteiger partial charge in [-0.15, -0.1) is 0 Å². The number of hydrogen-bond donors (Lipinski definition) is 0. The summed E-state index contributed by atoms with van der Waals surface area (Å²) in [6.45, 7) is 4.92. The smallest absolute Gasteiger partial charge is 0.366 e. The van der Waals surface area contributed by atoms with Gasteiger partial charge in [-0.3, -0.25) is 4.79 Å². The molecule has 2 aromatic rings. The third kappa shape index (κ3) is 5.40. The molecule has 4 nitrogen and oxygen atoms in total. The van der Waals surface area contributed by atoms with Gasteiger partial charge >= 0.3 is 6.18 Å².